The van der Waals surface area contributed by atoms with E-state index in [2.05, 4.69) is 20.4 Å². The molecule has 5 nitrogen and oxygen atoms in total. The van der Waals surface area contributed by atoms with E-state index in [-0.39, 0.29) is 11.1 Å². The number of aromatic nitrogens is 4. The minimum atomic E-state index is -0.562. The van der Waals surface area contributed by atoms with E-state index in [0.717, 1.165) is 11.9 Å². The van der Waals surface area contributed by atoms with Crippen LogP contribution in [-0.2, 0) is 7.05 Å². The molecule has 16 heavy (non-hydrogen) atoms. The van der Waals surface area contributed by atoms with Gasteiger partial charge in [-0.15, -0.1) is 0 Å². The van der Waals surface area contributed by atoms with E-state index < -0.39 is 5.82 Å². The molecular weight excluding hydrogens is 233 g/mol. The predicted octanol–water partition coefficient (Wildman–Crippen LogP) is 2.05. The highest BCUT2D eigenvalue weighted by Gasteiger charge is 2.09. The Morgan fingerprint density at radius 3 is 2.88 bits per heavy atom. The summed E-state index contributed by atoms with van der Waals surface area (Å²) in [6.07, 6.45) is 2.74. The van der Waals surface area contributed by atoms with Crippen molar-refractivity contribution in [3.05, 3.63) is 29.2 Å². The average molecular weight is 242 g/mol. The summed E-state index contributed by atoms with van der Waals surface area (Å²) in [6.45, 7) is 1.81. The molecule has 0 spiro atoms. The lowest BCUT2D eigenvalue weighted by molar-refractivity contribution is 0.619. The van der Waals surface area contributed by atoms with Crippen molar-refractivity contribution in [2.45, 2.75) is 6.92 Å². The van der Waals surface area contributed by atoms with Gasteiger partial charge in [0.05, 0.1) is 17.6 Å². The minimum absolute atomic E-state index is 0.00885. The Bertz CT molecular complexity index is 525. The normalized spacial score (nSPS) is 10.5. The second-order valence-electron chi connectivity index (χ2n) is 3.26. The van der Waals surface area contributed by atoms with Gasteiger partial charge in [0.25, 0.3) is 0 Å². The van der Waals surface area contributed by atoms with Gasteiger partial charge in [-0.3, -0.25) is 4.68 Å². The Morgan fingerprint density at radius 2 is 2.25 bits per heavy atom. The van der Waals surface area contributed by atoms with Crippen molar-refractivity contribution in [2.75, 3.05) is 5.32 Å². The van der Waals surface area contributed by atoms with E-state index >= 15 is 0 Å². The van der Waals surface area contributed by atoms with Gasteiger partial charge in [-0.2, -0.15) is 10.1 Å². The monoisotopic (exact) mass is 241 g/mol. The van der Waals surface area contributed by atoms with Crippen molar-refractivity contribution >= 4 is 23.1 Å². The molecule has 0 bridgehead atoms. The molecule has 84 valence electrons. The summed E-state index contributed by atoms with van der Waals surface area (Å²) in [5.41, 5.74) is 1.42. The lowest BCUT2D eigenvalue weighted by atomic mass is 10.4. The molecule has 0 unspecified atom stereocenters. The van der Waals surface area contributed by atoms with Gasteiger partial charge >= 0.3 is 0 Å². The minimum Gasteiger partial charge on any atom is -0.335 e. The molecule has 7 heteroatoms. The number of nitrogens with one attached hydrogen (secondary N) is 1. The van der Waals surface area contributed by atoms with E-state index in [4.69, 9.17) is 11.6 Å². The number of nitrogens with zero attached hydrogens (tertiary/aromatic N) is 4. The third-order valence-corrected chi connectivity index (χ3v) is 2.16. The van der Waals surface area contributed by atoms with E-state index in [9.17, 15) is 4.39 Å². The Hall–Kier alpha value is -1.69. The second-order valence-corrected chi connectivity index (χ2v) is 3.60. The number of rotatable bonds is 2. The summed E-state index contributed by atoms with van der Waals surface area (Å²) in [7, 11) is 1.78. The Balaban J connectivity index is 2.33. The summed E-state index contributed by atoms with van der Waals surface area (Å²) in [5.74, 6) is -0.524. The van der Waals surface area contributed by atoms with Crippen LogP contribution in [0.5, 0.6) is 0 Å². The van der Waals surface area contributed by atoms with Crippen molar-refractivity contribution in [1.29, 1.82) is 0 Å². The standard InChI is InChI=1S/C9H9ClFN5/c1-5-7(4-16(2)15-5)13-8-6(11)3-12-9(10)14-8/h3-4H,1-2H3,(H,12,13,14). The number of hydrogen-bond donors (Lipinski definition) is 1. The highest BCUT2D eigenvalue weighted by atomic mass is 35.5. The highest BCUT2D eigenvalue weighted by molar-refractivity contribution is 6.28. The zero-order chi connectivity index (χ0) is 11.7. The van der Waals surface area contributed by atoms with Gasteiger partial charge in [-0.05, 0) is 18.5 Å². The zero-order valence-electron chi connectivity index (χ0n) is 8.70. The van der Waals surface area contributed by atoms with Crippen LogP contribution in [-0.4, -0.2) is 19.7 Å². The summed E-state index contributed by atoms with van der Waals surface area (Å²) in [4.78, 5) is 7.28. The van der Waals surface area contributed by atoms with Gasteiger partial charge in [0.15, 0.2) is 11.6 Å². The van der Waals surface area contributed by atoms with Crippen LogP contribution in [0, 0.1) is 12.7 Å². The molecule has 0 aliphatic rings. The molecule has 2 aromatic rings. The zero-order valence-corrected chi connectivity index (χ0v) is 9.46. The van der Waals surface area contributed by atoms with Crippen LogP contribution in [0.25, 0.3) is 0 Å². The molecule has 0 atom stereocenters. The summed E-state index contributed by atoms with van der Waals surface area (Å²) in [5, 5.41) is 6.91. The lowest BCUT2D eigenvalue weighted by Gasteiger charge is -2.04. The summed E-state index contributed by atoms with van der Waals surface area (Å²) < 4.78 is 14.9. The Morgan fingerprint density at radius 1 is 1.50 bits per heavy atom. The third kappa shape index (κ3) is 2.11. The molecule has 2 heterocycles. The fraction of sp³-hybridized carbons (Fsp3) is 0.222. The van der Waals surface area contributed by atoms with E-state index in [1.54, 1.807) is 17.9 Å². The lowest BCUT2D eigenvalue weighted by Crippen LogP contribution is -1.99. The summed E-state index contributed by atoms with van der Waals surface area (Å²) in [6, 6.07) is 0. The van der Waals surface area contributed by atoms with Crippen molar-refractivity contribution in [3.63, 3.8) is 0 Å². The maximum atomic E-state index is 13.3. The highest BCUT2D eigenvalue weighted by Crippen LogP contribution is 2.20. The van der Waals surface area contributed by atoms with Crippen LogP contribution >= 0.6 is 11.6 Å². The molecular formula is C9H9ClFN5. The molecule has 0 fully saturated rings. The summed E-state index contributed by atoms with van der Waals surface area (Å²) >= 11 is 5.58. The van der Waals surface area contributed by atoms with Crippen molar-refractivity contribution < 1.29 is 4.39 Å². The molecule has 0 aliphatic carbocycles. The van der Waals surface area contributed by atoms with Gasteiger partial charge in [0.1, 0.15) is 0 Å². The Kier molecular flexibility index (Phi) is 2.74. The fourth-order valence-corrected chi connectivity index (χ4v) is 1.42. The molecule has 1 N–H and O–H groups in total. The number of aryl methyl sites for hydroxylation is 2. The first-order valence-electron chi connectivity index (χ1n) is 4.51. The number of hydrogen-bond acceptors (Lipinski definition) is 4. The molecule has 0 amide bonds. The van der Waals surface area contributed by atoms with Crippen LogP contribution in [0.15, 0.2) is 12.4 Å². The predicted molar refractivity (Wildman–Crippen MR) is 58.2 cm³/mol. The van der Waals surface area contributed by atoms with Crippen LogP contribution in [0.4, 0.5) is 15.9 Å². The number of halogens is 2. The first-order valence-corrected chi connectivity index (χ1v) is 4.89. The molecule has 0 radical (unpaired) electrons. The van der Waals surface area contributed by atoms with Crippen molar-refractivity contribution in [1.82, 2.24) is 19.7 Å². The van der Waals surface area contributed by atoms with Crippen molar-refractivity contribution in [3.8, 4) is 0 Å². The second kappa shape index (κ2) is 4.05. The molecule has 0 aliphatic heterocycles. The van der Waals surface area contributed by atoms with Gasteiger partial charge in [0.2, 0.25) is 5.28 Å². The quantitative estimate of drug-likeness (QED) is 0.818. The average Bonchev–Trinajstić information content (AvgIpc) is 2.51. The molecule has 2 rings (SSSR count). The third-order valence-electron chi connectivity index (χ3n) is 1.98. The smallest absolute Gasteiger partial charge is 0.224 e. The van der Waals surface area contributed by atoms with Gasteiger partial charge in [-0.1, -0.05) is 0 Å². The topological polar surface area (TPSA) is 55.6 Å². The van der Waals surface area contributed by atoms with Gasteiger partial charge in [0, 0.05) is 13.2 Å². The first-order chi connectivity index (χ1) is 7.56. The van der Waals surface area contributed by atoms with Gasteiger partial charge < -0.3 is 5.32 Å². The van der Waals surface area contributed by atoms with Crippen LogP contribution < -0.4 is 5.32 Å². The number of anilines is 2. The van der Waals surface area contributed by atoms with Crippen LogP contribution in [0.1, 0.15) is 5.69 Å². The first kappa shape index (κ1) is 10.8. The Labute approximate surface area is 96.3 Å². The largest absolute Gasteiger partial charge is 0.335 e. The van der Waals surface area contributed by atoms with Gasteiger partial charge in [-0.25, -0.2) is 9.37 Å². The molecule has 0 saturated heterocycles. The van der Waals surface area contributed by atoms with E-state index in [1.807, 2.05) is 6.92 Å². The van der Waals surface area contributed by atoms with Crippen molar-refractivity contribution in [2.24, 2.45) is 7.05 Å². The molecule has 0 aromatic carbocycles. The van der Waals surface area contributed by atoms with Crippen LogP contribution in [0.2, 0.25) is 5.28 Å². The molecule has 2 aromatic heterocycles. The SMILES string of the molecule is Cc1nn(C)cc1Nc1nc(Cl)ncc1F. The van der Waals surface area contributed by atoms with E-state index in [1.165, 1.54) is 0 Å². The van der Waals surface area contributed by atoms with Crippen LogP contribution in [0.3, 0.4) is 0 Å². The maximum absolute atomic E-state index is 13.3. The maximum Gasteiger partial charge on any atom is 0.224 e. The van der Waals surface area contributed by atoms with E-state index in [0.29, 0.717) is 5.69 Å². The fourth-order valence-electron chi connectivity index (χ4n) is 1.28. The molecule has 0 saturated carbocycles.